The van der Waals surface area contributed by atoms with Gasteiger partial charge in [-0.3, -0.25) is 0 Å². The first-order valence-corrected chi connectivity index (χ1v) is 8.58. The quantitative estimate of drug-likeness (QED) is 0.860. The van der Waals surface area contributed by atoms with Gasteiger partial charge >= 0.3 is 0 Å². The van der Waals surface area contributed by atoms with Crippen molar-refractivity contribution in [1.29, 1.82) is 0 Å². The third-order valence-electron chi connectivity index (χ3n) is 3.05. The minimum atomic E-state index is 0.622. The van der Waals surface area contributed by atoms with Crippen molar-refractivity contribution in [2.75, 3.05) is 19.5 Å². The van der Waals surface area contributed by atoms with Gasteiger partial charge in [-0.25, -0.2) is 4.98 Å². The summed E-state index contributed by atoms with van der Waals surface area (Å²) in [4.78, 5) is 5.49. The maximum atomic E-state index is 5.64. The lowest BCUT2D eigenvalue weighted by atomic mass is 10.2. The maximum absolute atomic E-state index is 5.64. The first-order chi connectivity index (χ1) is 9.86. The van der Waals surface area contributed by atoms with Crippen LogP contribution in [0.15, 0.2) is 27.9 Å². The minimum Gasteiger partial charge on any atom is -0.486 e. The molecule has 0 aliphatic carbocycles. The number of nitrogens with one attached hydrogen (secondary N) is 1. The van der Waals surface area contributed by atoms with E-state index in [1.165, 1.54) is 10.5 Å². The molecule has 0 fully saturated rings. The van der Waals surface area contributed by atoms with Gasteiger partial charge in [0, 0.05) is 23.4 Å². The fourth-order valence-corrected chi connectivity index (χ4v) is 3.27. The molecule has 106 valence electrons. The van der Waals surface area contributed by atoms with Gasteiger partial charge in [0.05, 0.1) is 11.2 Å². The van der Waals surface area contributed by atoms with Crippen LogP contribution >= 0.6 is 23.1 Å². The SMILES string of the molecule is CSc1cc2c(cc1CNCc1cscn1)OCCO2. The molecule has 4 nitrogen and oxygen atoms in total. The molecular weight excluding hydrogens is 292 g/mol. The number of ether oxygens (including phenoxy) is 2. The molecule has 0 unspecified atom stereocenters. The maximum Gasteiger partial charge on any atom is 0.162 e. The van der Waals surface area contributed by atoms with Gasteiger partial charge in [0.1, 0.15) is 13.2 Å². The fourth-order valence-electron chi connectivity index (χ4n) is 2.09. The molecule has 0 atom stereocenters. The number of fused-ring (bicyclic) bond motifs is 1. The lowest BCUT2D eigenvalue weighted by Gasteiger charge is -2.20. The van der Waals surface area contributed by atoms with Crippen molar-refractivity contribution in [3.05, 3.63) is 34.3 Å². The van der Waals surface area contributed by atoms with Gasteiger partial charge < -0.3 is 14.8 Å². The van der Waals surface area contributed by atoms with Crippen LogP contribution in [0.2, 0.25) is 0 Å². The Hall–Kier alpha value is -1.24. The van der Waals surface area contributed by atoms with E-state index in [4.69, 9.17) is 9.47 Å². The Morgan fingerprint density at radius 3 is 2.75 bits per heavy atom. The van der Waals surface area contributed by atoms with Gasteiger partial charge in [0.25, 0.3) is 0 Å². The first-order valence-electron chi connectivity index (χ1n) is 6.41. The second-order valence-electron chi connectivity index (χ2n) is 4.39. The third kappa shape index (κ3) is 3.08. The number of hydrogen-bond acceptors (Lipinski definition) is 6. The zero-order valence-corrected chi connectivity index (χ0v) is 12.9. The van der Waals surface area contributed by atoms with Crippen molar-refractivity contribution >= 4 is 23.1 Å². The predicted octanol–water partition coefficient (Wildman–Crippen LogP) is 2.93. The molecule has 0 spiro atoms. The van der Waals surface area contributed by atoms with Crippen molar-refractivity contribution in [1.82, 2.24) is 10.3 Å². The van der Waals surface area contributed by atoms with Crippen LogP contribution in [0.4, 0.5) is 0 Å². The summed E-state index contributed by atoms with van der Waals surface area (Å²) < 4.78 is 11.3. The molecule has 1 aliphatic rings. The Labute approximate surface area is 126 Å². The minimum absolute atomic E-state index is 0.622. The highest BCUT2D eigenvalue weighted by atomic mass is 32.2. The van der Waals surface area contributed by atoms with Crippen molar-refractivity contribution in [3.8, 4) is 11.5 Å². The van der Waals surface area contributed by atoms with Gasteiger partial charge in [0.15, 0.2) is 11.5 Å². The van der Waals surface area contributed by atoms with Crippen molar-refractivity contribution in [3.63, 3.8) is 0 Å². The lowest BCUT2D eigenvalue weighted by Crippen LogP contribution is -2.17. The van der Waals surface area contributed by atoms with Crippen molar-refractivity contribution in [2.24, 2.45) is 0 Å². The molecule has 1 aromatic heterocycles. The molecule has 1 aliphatic heterocycles. The molecular formula is C14H16N2O2S2. The number of thiazole rings is 1. The third-order valence-corrected chi connectivity index (χ3v) is 4.51. The molecule has 1 aromatic carbocycles. The molecule has 0 bridgehead atoms. The summed E-state index contributed by atoms with van der Waals surface area (Å²) in [5, 5.41) is 5.48. The second kappa shape index (κ2) is 6.47. The molecule has 1 N–H and O–H groups in total. The Bertz CT molecular complexity index is 573. The number of aromatic nitrogens is 1. The van der Waals surface area contributed by atoms with Gasteiger partial charge in [0.2, 0.25) is 0 Å². The zero-order chi connectivity index (χ0) is 13.8. The van der Waals surface area contributed by atoms with Gasteiger partial charge in [-0.15, -0.1) is 23.1 Å². The molecule has 2 heterocycles. The zero-order valence-electron chi connectivity index (χ0n) is 11.2. The van der Waals surface area contributed by atoms with E-state index in [-0.39, 0.29) is 0 Å². The van der Waals surface area contributed by atoms with E-state index in [1.54, 1.807) is 23.1 Å². The Morgan fingerprint density at radius 1 is 1.25 bits per heavy atom. The van der Waals surface area contributed by atoms with E-state index < -0.39 is 0 Å². The highest BCUT2D eigenvalue weighted by Crippen LogP contribution is 2.36. The summed E-state index contributed by atoms with van der Waals surface area (Å²) in [6.07, 6.45) is 2.08. The Morgan fingerprint density at radius 2 is 2.05 bits per heavy atom. The summed E-state index contributed by atoms with van der Waals surface area (Å²) in [6, 6.07) is 4.15. The van der Waals surface area contributed by atoms with E-state index in [0.717, 1.165) is 30.3 Å². The Kier molecular flexibility index (Phi) is 4.44. The largest absolute Gasteiger partial charge is 0.486 e. The number of rotatable bonds is 5. The monoisotopic (exact) mass is 308 g/mol. The average molecular weight is 308 g/mol. The van der Waals surface area contributed by atoms with Crippen molar-refractivity contribution < 1.29 is 9.47 Å². The molecule has 0 amide bonds. The van der Waals surface area contributed by atoms with Crippen LogP contribution in [-0.2, 0) is 13.1 Å². The van der Waals surface area contributed by atoms with Crippen LogP contribution in [-0.4, -0.2) is 24.5 Å². The van der Waals surface area contributed by atoms with Crippen LogP contribution in [0, 0.1) is 0 Å². The molecule has 3 rings (SSSR count). The first kappa shape index (κ1) is 13.7. The van der Waals surface area contributed by atoms with Crippen LogP contribution in [0.25, 0.3) is 0 Å². The van der Waals surface area contributed by atoms with Gasteiger partial charge in [-0.05, 0) is 24.0 Å². The van der Waals surface area contributed by atoms with Crippen LogP contribution in [0.1, 0.15) is 11.3 Å². The number of benzene rings is 1. The summed E-state index contributed by atoms with van der Waals surface area (Å²) in [5.41, 5.74) is 4.17. The number of hydrogen-bond donors (Lipinski definition) is 1. The molecule has 0 saturated carbocycles. The van der Waals surface area contributed by atoms with E-state index in [2.05, 4.69) is 34.1 Å². The standard InChI is InChI=1S/C14H16N2O2S2/c1-19-14-5-13-12(17-2-3-18-13)4-10(14)6-15-7-11-8-20-9-16-11/h4-5,8-9,15H,2-3,6-7H2,1H3. The summed E-state index contributed by atoms with van der Waals surface area (Å²) >= 11 is 3.35. The van der Waals surface area contributed by atoms with Gasteiger partial charge in [-0.1, -0.05) is 0 Å². The molecule has 2 aromatic rings. The van der Waals surface area contributed by atoms with Gasteiger partial charge in [-0.2, -0.15) is 0 Å². The average Bonchev–Trinajstić information content (AvgIpc) is 3.00. The predicted molar refractivity (Wildman–Crippen MR) is 81.9 cm³/mol. The van der Waals surface area contributed by atoms with Crippen LogP contribution < -0.4 is 14.8 Å². The van der Waals surface area contributed by atoms with Crippen molar-refractivity contribution in [2.45, 2.75) is 18.0 Å². The second-order valence-corrected chi connectivity index (χ2v) is 5.96. The number of nitrogens with zero attached hydrogens (tertiary/aromatic N) is 1. The van der Waals surface area contributed by atoms with E-state index in [0.29, 0.717) is 13.2 Å². The summed E-state index contributed by atoms with van der Waals surface area (Å²) in [5.74, 6) is 1.70. The van der Waals surface area contributed by atoms with E-state index in [9.17, 15) is 0 Å². The smallest absolute Gasteiger partial charge is 0.162 e. The molecule has 0 radical (unpaired) electrons. The Balaban J connectivity index is 1.71. The summed E-state index contributed by atoms with van der Waals surface area (Å²) in [6.45, 7) is 2.83. The molecule has 20 heavy (non-hydrogen) atoms. The lowest BCUT2D eigenvalue weighted by molar-refractivity contribution is 0.171. The van der Waals surface area contributed by atoms with Crippen LogP contribution in [0.3, 0.4) is 0 Å². The highest BCUT2D eigenvalue weighted by molar-refractivity contribution is 7.98. The molecule has 6 heteroatoms. The van der Waals surface area contributed by atoms with E-state index >= 15 is 0 Å². The van der Waals surface area contributed by atoms with Crippen LogP contribution in [0.5, 0.6) is 11.5 Å². The van der Waals surface area contributed by atoms with E-state index in [1.807, 2.05) is 5.51 Å². The fraction of sp³-hybridized carbons (Fsp3) is 0.357. The number of thioether (sulfide) groups is 1. The molecule has 0 saturated heterocycles. The normalized spacial score (nSPS) is 13.4. The highest BCUT2D eigenvalue weighted by Gasteiger charge is 2.15. The topological polar surface area (TPSA) is 43.4 Å². The summed E-state index contributed by atoms with van der Waals surface area (Å²) in [7, 11) is 0.